The van der Waals surface area contributed by atoms with Crippen molar-refractivity contribution in [3.8, 4) is 17.0 Å². The number of nitrogens with zero attached hydrogens (tertiary/aromatic N) is 1. The Balaban J connectivity index is 2.08. The van der Waals surface area contributed by atoms with E-state index in [-0.39, 0.29) is 12.1 Å². The van der Waals surface area contributed by atoms with Crippen molar-refractivity contribution >= 4 is 11.7 Å². The Hall–Kier alpha value is -2.70. The number of ether oxygens (including phenoxy) is 1. The Morgan fingerprint density at radius 3 is 2.61 bits per heavy atom. The number of rotatable bonds is 12. The highest BCUT2D eigenvalue weighted by Gasteiger charge is 2.15. The molecular weight excluding hydrogens is 366 g/mol. The highest BCUT2D eigenvalue weighted by Crippen LogP contribution is 2.32. The van der Waals surface area contributed by atoms with Crippen molar-refractivity contribution < 1.29 is 23.4 Å². The molecule has 0 bridgehead atoms. The van der Waals surface area contributed by atoms with Crippen LogP contribution in [0, 0.1) is 11.6 Å². The zero-order valence-electron chi connectivity index (χ0n) is 16.0. The molecule has 5 nitrogen and oxygen atoms in total. The zero-order valence-corrected chi connectivity index (χ0v) is 16.0. The van der Waals surface area contributed by atoms with Crippen LogP contribution in [0.2, 0.25) is 0 Å². The number of anilines is 1. The zero-order chi connectivity index (χ0) is 20.4. The number of halogens is 2. The van der Waals surface area contributed by atoms with E-state index in [1.54, 1.807) is 18.3 Å². The first-order chi connectivity index (χ1) is 13.5. The lowest BCUT2D eigenvalue weighted by atomic mass is 10.1. The van der Waals surface area contributed by atoms with Crippen molar-refractivity contribution in [3.05, 3.63) is 42.1 Å². The predicted molar refractivity (Wildman–Crippen MR) is 105 cm³/mol. The molecule has 0 aliphatic carbocycles. The summed E-state index contributed by atoms with van der Waals surface area (Å²) in [5, 5.41) is 11.3. The van der Waals surface area contributed by atoms with E-state index >= 15 is 0 Å². The number of hydrogen-bond donors (Lipinski definition) is 2. The number of nitrogens with one attached hydrogen (secondary N) is 1. The molecule has 0 amide bonds. The van der Waals surface area contributed by atoms with Gasteiger partial charge in [0.05, 0.1) is 6.61 Å². The summed E-state index contributed by atoms with van der Waals surface area (Å²) in [4.78, 5) is 14.7. The van der Waals surface area contributed by atoms with Crippen molar-refractivity contribution in [2.75, 3.05) is 18.5 Å². The molecule has 1 aromatic carbocycles. The van der Waals surface area contributed by atoms with Gasteiger partial charge < -0.3 is 15.2 Å². The molecule has 0 unspecified atom stereocenters. The van der Waals surface area contributed by atoms with Crippen LogP contribution in [0.15, 0.2) is 30.5 Å². The molecule has 0 saturated heterocycles. The van der Waals surface area contributed by atoms with E-state index in [1.807, 2.05) is 0 Å². The van der Waals surface area contributed by atoms with Crippen molar-refractivity contribution in [1.29, 1.82) is 0 Å². The number of carboxylic acids is 1. The fourth-order valence-electron chi connectivity index (χ4n) is 2.76. The molecule has 2 aromatic rings. The minimum atomic E-state index is -0.883. The third-order valence-electron chi connectivity index (χ3n) is 4.23. The number of benzene rings is 1. The smallest absolute Gasteiger partial charge is 0.303 e. The van der Waals surface area contributed by atoms with Crippen LogP contribution in [-0.4, -0.2) is 29.2 Å². The summed E-state index contributed by atoms with van der Waals surface area (Å²) in [5.74, 6) is -1.96. The molecule has 0 aliphatic rings. The number of aromatic nitrogens is 1. The highest BCUT2D eigenvalue weighted by atomic mass is 19.1. The van der Waals surface area contributed by atoms with Gasteiger partial charge in [-0.1, -0.05) is 19.8 Å². The van der Waals surface area contributed by atoms with E-state index in [1.165, 1.54) is 12.1 Å². The molecule has 2 N–H and O–H groups in total. The highest BCUT2D eigenvalue weighted by molar-refractivity contribution is 5.71. The summed E-state index contributed by atoms with van der Waals surface area (Å²) in [5.41, 5.74) is 0.670. The lowest BCUT2D eigenvalue weighted by Crippen LogP contribution is -2.07. The van der Waals surface area contributed by atoms with Crippen LogP contribution in [0.25, 0.3) is 11.1 Å². The summed E-state index contributed by atoms with van der Waals surface area (Å²) in [7, 11) is 0. The molecule has 0 atom stereocenters. The molecule has 2 rings (SSSR count). The maximum absolute atomic E-state index is 14.5. The quantitative estimate of drug-likeness (QED) is 0.482. The Morgan fingerprint density at radius 2 is 1.93 bits per heavy atom. The van der Waals surface area contributed by atoms with Crippen molar-refractivity contribution in [1.82, 2.24) is 4.98 Å². The Morgan fingerprint density at radius 1 is 1.18 bits per heavy atom. The molecule has 152 valence electrons. The molecule has 0 aliphatic heterocycles. The first kappa shape index (κ1) is 21.6. The minimum absolute atomic E-state index is 0.0353. The number of aliphatic carboxylic acids is 1. The van der Waals surface area contributed by atoms with Gasteiger partial charge in [0, 0.05) is 24.7 Å². The van der Waals surface area contributed by atoms with Gasteiger partial charge in [0.25, 0.3) is 0 Å². The van der Waals surface area contributed by atoms with Crippen molar-refractivity contribution in [2.45, 2.75) is 45.4 Å². The van der Waals surface area contributed by atoms with E-state index < -0.39 is 17.6 Å². The second-order valence-corrected chi connectivity index (χ2v) is 6.50. The number of carboxylic acid groups (broad SMARTS) is 1. The van der Waals surface area contributed by atoms with E-state index in [0.717, 1.165) is 19.3 Å². The van der Waals surface area contributed by atoms with Crippen molar-refractivity contribution in [2.24, 2.45) is 0 Å². The summed E-state index contributed by atoms with van der Waals surface area (Å²) in [6, 6.07) is 5.91. The SMILES string of the molecule is CCCCCOc1ncccc1-c1cc(F)c(NCCCCC(=O)O)c(F)c1. The summed E-state index contributed by atoms with van der Waals surface area (Å²) >= 11 is 0. The molecule has 0 fully saturated rings. The van der Waals surface area contributed by atoms with Crippen molar-refractivity contribution in [3.63, 3.8) is 0 Å². The monoisotopic (exact) mass is 392 g/mol. The summed E-state index contributed by atoms with van der Waals surface area (Å²) in [6.45, 7) is 2.89. The van der Waals surface area contributed by atoms with Gasteiger partial charge in [-0.2, -0.15) is 0 Å². The molecular formula is C21H26F2N2O3. The molecule has 7 heteroatoms. The average Bonchev–Trinajstić information content (AvgIpc) is 2.66. The first-order valence-corrected chi connectivity index (χ1v) is 9.55. The Bertz CT molecular complexity index is 761. The molecule has 0 radical (unpaired) electrons. The first-order valence-electron chi connectivity index (χ1n) is 9.55. The van der Waals surface area contributed by atoms with E-state index in [9.17, 15) is 13.6 Å². The van der Waals surface area contributed by atoms with Gasteiger partial charge in [0.15, 0.2) is 0 Å². The van der Waals surface area contributed by atoms with Crippen LogP contribution < -0.4 is 10.1 Å². The summed E-state index contributed by atoms with van der Waals surface area (Å²) < 4.78 is 34.6. The topological polar surface area (TPSA) is 71.5 Å². The van der Waals surface area contributed by atoms with Gasteiger partial charge in [0.2, 0.25) is 5.88 Å². The average molecular weight is 392 g/mol. The van der Waals surface area contributed by atoms with E-state index in [4.69, 9.17) is 9.84 Å². The predicted octanol–water partition coefficient (Wildman–Crippen LogP) is 5.26. The Kier molecular flexibility index (Phi) is 8.65. The largest absolute Gasteiger partial charge is 0.481 e. The third-order valence-corrected chi connectivity index (χ3v) is 4.23. The lowest BCUT2D eigenvalue weighted by Gasteiger charge is -2.13. The molecule has 1 aromatic heterocycles. The van der Waals surface area contributed by atoms with E-state index in [2.05, 4.69) is 17.2 Å². The number of pyridine rings is 1. The number of unbranched alkanes of at least 4 members (excludes halogenated alkanes) is 3. The summed E-state index contributed by atoms with van der Waals surface area (Å²) in [6.07, 6.45) is 5.56. The van der Waals surface area contributed by atoms with Gasteiger partial charge in [-0.15, -0.1) is 0 Å². The third kappa shape index (κ3) is 6.48. The molecule has 0 spiro atoms. The van der Waals surface area contributed by atoms with Gasteiger partial charge in [0.1, 0.15) is 17.3 Å². The van der Waals surface area contributed by atoms with Crippen LogP contribution in [0.3, 0.4) is 0 Å². The molecule has 28 heavy (non-hydrogen) atoms. The number of hydrogen-bond acceptors (Lipinski definition) is 4. The Labute approximate surface area is 163 Å². The van der Waals surface area contributed by atoms with Gasteiger partial charge in [-0.3, -0.25) is 4.79 Å². The minimum Gasteiger partial charge on any atom is -0.481 e. The second kappa shape index (κ2) is 11.2. The van der Waals surface area contributed by atoms with Crippen LogP contribution >= 0.6 is 0 Å². The standard InChI is InChI=1S/C21H26F2N2O3/c1-2-3-6-12-28-21-16(8-7-11-25-21)15-13-17(22)20(18(23)14-15)24-10-5-4-9-19(26)27/h7-8,11,13-14,24H,2-6,9-10,12H2,1H3,(H,26,27). The lowest BCUT2D eigenvalue weighted by molar-refractivity contribution is -0.137. The molecule has 1 heterocycles. The van der Waals surface area contributed by atoms with Gasteiger partial charge >= 0.3 is 5.97 Å². The van der Waals surface area contributed by atoms with Crippen LogP contribution in [0.4, 0.5) is 14.5 Å². The molecule has 0 saturated carbocycles. The maximum Gasteiger partial charge on any atom is 0.303 e. The van der Waals surface area contributed by atoms with Crippen LogP contribution in [0.5, 0.6) is 5.88 Å². The van der Waals surface area contributed by atoms with Crippen LogP contribution in [0.1, 0.15) is 45.4 Å². The van der Waals surface area contributed by atoms with E-state index in [0.29, 0.717) is 43.0 Å². The normalized spacial score (nSPS) is 10.7. The fraction of sp³-hybridized carbons (Fsp3) is 0.429. The fourth-order valence-corrected chi connectivity index (χ4v) is 2.76. The number of carbonyl (C=O) groups is 1. The second-order valence-electron chi connectivity index (χ2n) is 6.50. The maximum atomic E-state index is 14.5. The van der Waals surface area contributed by atoms with Gasteiger partial charge in [-0.25, -0.2) is 13.8 Å². The van der Waals surface area contributed by atoms with Crippen LogP contribution in [-0.2, 0) is 4.79 Å². The van der Waals surface area contributed by atoms with Gasteiger partial charge in [-0.05, 0) is 49.1 Å².